The van der Waals surface area contributed by atoms with E-state index in [0.717, 1.165) is 4.90 Å². The van der Waals surface area contributed by atoms with Gasteiger partial charge in [0.1, 0.15) is 5.82 Å². The van der Waals surface area contributed by atoms with E-state index in [1.807, 2.05) is 0 Å². The Bertz CT molecular complexity index is 438. The second-order valence-corrected chi connectivity index (χ2v) is 6.52. The van der Waals surface area contributed by atoms with Crippen molar-refractivity contribution in [2.75, 3.05) is 5.75 Å². The molecular formula is C14H20FNO2S. The Kier molecular flexibility index (Phi) is 4.98. The van der Waals surface area contributed by atoms with Crippen molar-refractivity contribution in [2.24, 2.45) is 0 Å². The van der Waals surface area contributed by atoms with Crippen molar-refractivity contribution in [3.05, 3.63) is 30.1 Å². The van der Waals surface area contributed by atoms with Gasteiger partial charge < -0.3 is 10.4 Å². The predicted molar refractivity (Wildman–Crippen MR) is 75.6 cm³/mol. The topological polar surface area (TPSA) is 49.3 Å². The number of halogens is 1. The maximum absolute atomic E-state index is 12.7. The van der Waals surface area contributed by atoms with Crippen LogP contribution in [0.25, 0.3) is 0 Å². The normalized spacial score (nSPS) is 12.3. The van der Waals surface area contributed by atoms with E-state index in [1.165, 1.54) is 23.9 Å². The van der Waals surface area contributed by atoms with Crippen molar-refractivity contribution in [2.45, 2.75) is 43.7 Å². The zero-order valence-corrected chi connectivity index (χ0v) is 12.5. The number of carbonyl (C=O) groups excluding carboxylic acids is 1. The molecule has 1 rings (SSSR count). The Labute approximate surface area is 117 Å². The molecular weight excluding hydrogens is 265 g/mol. The van der Waals surface area contributed by atoms with E-state index in [9.17, 15) is 14.3 Å². The van der Waals surface area contributed by atoms with Crippen molar-refractivity contribution in [3.8, 4) is 0 Å². The molecule has 0 radical (unpaired) electrons. The molecule has 1 aromatic rings. The number of thioether (sulfide) groups is 1. The molecule has 0 fully saturated rings. The Morgan fingerprint density at radius 1 is 1.26 bits per heavy atom. The third-order valence-corrected chi connectivity index (χ3v) is 4.18. The van der Waals surface area contributed by atoms with Crippen LogP contribution in [0.4, 0.5) is 4.39 Å². The van der Waals surface area contributed by atoms with Crippen LogP contribution >= 0.6 is 11.8 Å². The van der Waals surface area contributed by atoms with Crippen LogP contribution in [0.1, 0.15) is 27.7 Å². The van der Waals surface area contributed by atoms with Crippen molar-refractivity contribution < 1.29 is 14.3 Å². The number of amides is 1. The highest BCUT2D eigenvalue weighted by atomic mass is 32.2. The first-order chi connectivity index (χ1) is 8.62. The fraction of sp³-hybridized carbons (Fsp3) is 0.500. The van der Waals surface area contributed by atoms with E-state index < -0.39 is 11.1 Å². The third-order valence-electron chi connectivity index (χ3n) is 3.16. The third kappa shape index (κ3) is 4.84. The first-order valence-electron chi connectivity index (χ1n) is 6.03. The van der Waals surface area contributed by atoms with Crippen molar-refractivity contribution >= 4 is 17.7 Å². The highest BCUT2D eigenvalue weighted by Crippen LogP contribution is 2.22. The van der Waals surface area contributed by atoms with E-state index in [0.29, 0.717) is 0 Å². The summed E-state index contributed by atoms with van der Waals surface area (Å²) in [6.45, 7) is 6.85. The summed E-state index contributed by atoms with van der Waals surface area (Å²) in [4.78, 5) is 12.7. The van der Waals surface area contributed by atoms with Crippen LogP contribution in [0.2, 0.25) is 0 Å². The van der Waals surface area contributed by atoms with Gasteiger partial charge in [0, 0.05) is 4.90 Å². The molecule has 0 atom stereocenters. The molecule has 0 aliphatic carbocycles. The van der Waals surface area contributed by atoms with Crippen LogP contribution in [0.15, 0.2) is 29.2 Å². The van der Waals surface area contributed by atoms with Crippen molar-refractivity contribution in [3.63, 3.8) is 0 Å². The molecule has 0 aliphatic rings. The van der Waals surface area contributed by atoms with Gasteiger partial charge in [-0.05, 0) is 52.0 Å². The lowest BCUT2D eigenvalue weighted by molar-refractivity contribution is -0.123. The van der Waals surface area contributed by atoms with Gasteiger partial charge in [-0.25, -0.2) is 4.39 Å². The monoisotopic (exact) mass is 285 g/mol. The maximum Gasteiger partial charge on any atom is 0.230 e. The van der Waals surface area contributed by atoms with Crippen LogP contribution in [0.3, 0.4) is 0 Å². The predicted octanol–water partition coefficient (Wildman–Crippen LogP) is 2.58. The molecule has 5 heteroatoms. The maximum atomic E-state index is 12.7. The lowest BCUT2D eigenvalue weighted by atomic mass is 9.86. The largest absolute Gasteiger partial charge is 0.388 e. The summed E-state index contributed by atoms with van der Waals surface area (Å²) in [6, 6.07) is 5.99. The average molecular weight is 285 g/mol. The fourth-order valence-corrected chi connectivity index (χ4v) is 1.92. The second-order valence-electron chi connectivity index (χ2n) is 5.47. The molecule has 0 spiro atoms. The van der Waals surface area contributed by atoms with Gasteiger partial charge in [0.2, 0.25) is 5.91 Å². The van der Waals surface area contributed by atoms with Gasteiger partial charge in [0.25, 0.3) is 0 Å². The number of hydrogen-bond donors (Lipinski definition) is 2. The molecule has 106 valence electrons. The molecule has 0 saturated carbocycles. The Balaban J connectivity index is 2.51. The number of rotatable bonds is 5. The summed E-state index contributed by atoms with van der Waals surface area (Å²) in [5.74, 6) is -0.232. The molecule has 1 amide bonds. The quantitative estimate of drug-likeness (QED) is 0.818. The van der Waals surface area contributed by atoms with Crippen molar-refractivity contribution in [1.29, 1.82) is 0 Å². The number of aliphatic hydroxyl groups is 1. The number of hydrogen-bond acceptors (Lipinski definition) is 3. The highest BCUT2D eigenvalue weighted by molar-refractivity contribution is 8.00. The molecule has 0 unspecified atom stereocenters. The fourth-order valence-electron chi connectivity index (χ4n) is 1.22. The van der Waals surface area contributed by atoms with E-state index in [2.05, 4.69) is 5.32 Å². The standard InChI is InChI=1S/C14H20FNO2S/c1-13(2,14(3,4)18)16-12(17)9-19-11-7-5-10(15)6-8-11/h5-8,18H,9H2,1-4H3,(H,16,17). The van der Waals surface area contributed by atoms with E-state index in [-0.39, 0.29) is 17.5 Å². The number of carbonyl (C=O) groups is 1. The minimum atomic E-state index is -1.01. The lowest BCUT2D eigenvalue weighted by Gasteiger charge is -2.37. The Morgan fingerprint density at radius 3 is 2.26 bits per heavy atom. The van der Waals surface area contributed by atoms with Gasteiger partial charge in [-0.3, -0.25) is 4.79 Å². The first kappa shape index (κ1) is 16.0. The van der Waals surface area contributed by atoms with Gasteiger partial charge in [0.05, 0.1) is 16.9 Å². The molecule has 0 aromatic heterocycles. The minimum Gasteiger partial charge on any atom is -0.388 e. The van der Waals surface area contributed by atoms with Crippen LogP contribution in [-0.2, 0) is 4.79 Å². The molecule has 1 aromatic carbocycles. The summed E-state index contributed by atoms with van der Waals surface area (Å²) in [5, 5.41) is 12.7. The van der Waals surface area contributed by atoms with Gasteiger partial charge >= 0.3 is 0 Å². The summed E-state index contributed by atoms with van der Waals surface area (Å²) in [7, 11) is 0. The molecule has 19 heavy (non-hydrogen) atoms. The van der Waals surface area contributed by atoms with Crippen LogP contribution in [0.5, 0.6) is 0 Å². The average Bonchev–Trinajstić information content (AvgIpc) is 2.26. The second kappa shape index (κ2) is 5.92. The summed E-state index contributed by atoms with van der Waals surface area (Å²) in [5.41, 5.74) is -1.73. The number of nitrogens with one attached hydrogen (secondary N) is 1. The SMILES string of the molecule is CC(C)(O)C(C)(C)NC(=O)CSc1ccc(F)cc1. The summed E-state index contributed by atoms with van der Waals surface area (Å²) < 4.78 is 12.7. The van der Waals surface area contributed by atoms with Gasteiger partial charge in [-0.1, -0.05) is 0 Å². The van der Waals surface area contributed by atoms with Gasteiger partial charge in [-0.2, -0.15) is 0 Å². The lowest BCUT2D eigenvalue weighted by Crippen LogP contribution is -2.58. The molecule has 0 bridgehead atoms. The van der Waals surface area contributed by atoms with Crippen LogP contribution in [-0.4, -0.2) is 27.9 Å². The van der Waals surface area contributed by atoms with E-state index in [4.69, 9.17) is 0 Å². The van der Waals surface area contributed by atoms with Crippen LogP contribution in [0, 0.1) is 5.82 Å². The highest BCUT2D eigenvalue weighted by Gasteiger charge is 2.36. The van der Waals surface area contributed by atoms with E-state index in [1.54, 1.807) is 39.8 Å². The van der Waals surface area contributed by atoms with Crippen LogP contribution < -0.4 is 5.32 Å². The molecule has 0 heterocycles. The molecule has 2 N–H and O–H groups in total. The molecule has 0 aliphatic heterocycles. The number of benzene rings is 1. The summed E-state index contributed by atoms with van der Waals surface area (Å²) >= 11 is 1.33. The van der Waals surface area contributed by atoms with Gasteiger partial charge in [-0.15, -0.1) is 11.8 Å². The minimum absolute atomic E-state index is 0.165. The zero-order valence-electron chi connectivity index (χ0n) is 11.7. The first-order valence-corrected chi connectivity index (χ1v) is 7.02. The molecule has 3 nitrogen and oxygen atoms in total. The Hall–Kier alpha value is -1.07. The van der Waals surface area contributed by atoms with Crippen molar-refractivity contribution in [1.82, 2.24) is 5.32 Å². The zero-order chi connectivity index (χ0) is 14.7. The van der Waals surface area contributed by atoms with E-state index >= 15 is 0 Å². The Morgan fingerprint density at radius 2 is 1.79 bits per heavy atom. The van der Waals surface area contributed by atoms with Gasteiger partial charge in [0.15, 0.2) is 0 Å². The molecule has 0 saturated heterocycles. The smallest absolute Gasteiger partial charge is 0.230 e. The summed E-state index contributed by atoms with van der Waals surface area (Å²) in [6.07, 6.45) is 0.